The first-order chi connectivity index (χ1) is 4.22. The van der Waals surface area contributed by atoms with Gasteiger partial charge >= 0.3 is 0 Å². The number of rotatable bonds is 1. The van der Waals surface area contributed by atoms with Crippen LogP contribution in [0.3, 0.4) is 0 Å². The van der Waals surface area contributed by atoms with Crippen LogP contribution in [0.2, 0.25) is 0 Å². The van der Waals surface area contributed by atoms with Crippen molar-refractivity contribution in [3.05, 3.63) is 5.82 Å². The van der Waals surface area contributed by atoms with Crippen LogP contribution >= 0.6 is 0 Å². The van der Waals surface area contributed by atoms with Gasteiger partial charge in [0.25, 0.3) is 0 Å². The highest BCUT2D eigenvalue weighted by Gasteiger charge is 2.05. The lowest BCUT2D eigenvalue weighted by Gasteiger charge is -1.99. The maximum Gasteiger partial charge on any atom is 0.167 e. The standard InChI is InChI=1S/C4H9N5/c1-3(5)4-6-7-8-9(4)2/h3H,5H2,1-2H3/t3-/m0/s1. The Morgan fingerprint density at radius 3 is 2.56 bits per heavy atom. The molecule has 0 saturated carbocycles. The summed E-state index contributed by atoms with van der Waals surface area (Å²) in [5, 5.41) is 10.7. The fourth-order valence-corrected chi connectivity index (χ4v) is 0.622. The normalized spacial score (nSPS) is 13.7. The lowest BCUT2D eigenvalue weighted by molar-refractivity contribution is 0.632. The molecule has 50 valence electrons. The highest BCUT2D eigenvalue weighted by Crippen LogP contribution is 1.99. The van der Waals surface area contributed by atoms with E-state index in [1.54, 1.807) is 11.7 Å². The molecule has 0 radical (unpaired) electrons. The summed E-state index contributed by atoms with van der Waals surface area (Å²) in [5.41, 5.74) is 5.50. The van der Waals surface area contributed by atoms with Gasteiger partial charge < -0.3 is 5.73 Å². The van der Waals surface area contributed by atoms with Crippen LogP contribution in [0.1, 0.15) is 18.8 Å². The first-order valence-corrected chi connectivity index (χ1v) is 2.69. The molecule has 5 heteroatoms. The minimum atomic E-state index is -0.0926. The lowest BCUT2D eigenvalue weighted by atomic mass is 10.3. The van der Waals surface area contributed by atoms with Crippen molar-refractivity contribution in [3.63, 3.8) is 0 Å². The molecule has 0 aliphatic rings. The predicted octanol–water partition coefficient (Wildman–Crippen LogP) is -0.770. The fourth-order valence-electron chi connectivity index (χ4n) is 0.622. The second-order valence-corrected chi connectivity index (χ2v) is 1.95. The monoisotopic (exact) mass is 127 g/mol. The topological polar surface area (TPSA) is 69.6 Å². The van der Waals surface area contributed by atoms with Crippen molar-refractivity contribution in [3.8, 4) is 0 Å². The van der Waals surface area contributed by atoms with E-state index in [1.165, 1.54) is 0 Å². The van der Waals surface area contributed by atoms with E-state index in [1.807, 2.05) is 6.92 Å². The molecule has 9 heavy (non-hydrogen) atoms. The fraction of sp³-hybridized carbons (Fsp3) is 0.750. The van der Waals surface area contributed by atoms with Crippen LogP contribution in [0.25, 0.3) is 0 Å². The molecule has 0 fully saturated rings. The molecule has 0 unspecified atom stereocenters. The van der Waals surface area contributed by atoms with E-state index >= 15 is 0 Å². The molecule has 1 heterocycles. The molecule has 0 bridgehead atoms. The molecular weight excluding hydrogens is 118 g/mol. The Labute approximate surface area is 52.8 Å². The molecule has 0 spiro atoms. The van der Waals surface area contributed by atoms with Gasteiger partial charge in [-0.2, -0.15) is 0 Å². The summed E-state index contributed by atoms with van der Waals surface area (Å²) in [6.07, 6.45) is 0. The Hall–Kier alpha value is -0.970. The third-order valence-corrected chi connectivity index (χ3v) is 1.06. The summed E-state index contributed by atoms with van der Waals surface area (Å²) < 4.78 is 1.56. The Morgan fingerprint density at radius 1 is 1.67 bits per heavy atom. The summed E-state index contributed by atoms with van der Waals surface area (Å²) in [7, 11) is 1.76. The van der Waals surface area contributed by atoms with Crippen LogP contribution in [0, 0.1) is 0 Å². The number of nitrogens with two attached hydrogens (primary N) is 1. The second-order valence-electron chi connectivity index (χ2n) is 1.95. The highest BCUT2D eigenvalue weighted by molar-refractivity contribution is 4.85. The molecule has 0 aliphatic carbocycles. The van der Waals surface area contributed by atoms with Gasteiger partial charge in [-0.3, -0.25) is 0 Å². The van der Waals surface area contributed by atoms with Crippen molar-refractivity contribution < 1.29 is 0 Å². The smallest absolute Gasteiger partial charge is 0.167 e. The zero-order valence-corrected chi connectivity index (χ0v) is 5.44. The average molecular weight is 127 g/mol. The van der Waals surface area contributed by atoms with Crippen molar-refractivity contribution in [1.82, 2.24) is 20.2 Å². The van der Waals surface area contributed by atoms with E-state index in [0.29, 0.717) is 5.82 Å². The first-order valence-electron chi connectivity index (χ1n) is 2.69. The van der Waals surface area contributed by atoms with Crippen molar-refractivity contribution in [2.45, 2.75) is 13.0 Å². The third kappa shape index (κ3) is 1.05. The molecule has 0 saturated heterocycles. The van der Waals surface area contributed by atoms with E-state index in [-0.39, 0.29) is 6.04 Å². The van der Waals surface area contributed by atoms with Gasteiger partial charge in [-0.1, -0.05) is 0 Å². The average Bonchev–Trinajstić information content (AvgIpc) is 2.13. The van der Waals surface area contributed by atoms with Gasteiger partial charge in [-0.15, -0.1) is 5.10 Å². The molecule has 0 aliphatic heterocycles. The Kier molecular flexibility index (Phi) is 1.44. The van der Waals surface area contributed by atoms with Gasteiger partial charge in [-0.25, -0.2) is 4.68 Å². The van der Waals surface area contributed by atoms with Gasteiger partial charge in [0.15, 0.2) is 5.82 Å². The summed E-state index contributed by atoms with van der Waals surface area (Å²) >= 11 is 0. The minimum Gasteiger partial charge on any atom is -0.322 e. The van der Waals surface area contributed by atoms with E-state index in [9.17, 15) is 0 Å². The van der Waals surface area contributed by atoms with E-state index in [2.05, 4.69) is 15.5 Å². The van der Waals surface area contributed by atoms with Crippen LogP contribution in [0.5, 0.6) is 0 Å². The molecule has 1 rings (SSSR count). The van der Waals surface area contributed by atoms with Crippen molar-refractivity contribution >= 4 is 0 Å². The highest BCUT2D eigenvalue weighted by atomic mass is 15.5. The van der Waals surface area contributed by atoms with Gasteiger partial charge in [0.1, 0.15) is 0 Å². The number of tetrazole rings is 1. The van der Waals surface area contributed by atoms with Gasteiger partial charge in [-0.05, 0) is 17.4 Å². The second kappa shape index (κ2) is 2.10. The molecule has 0 amide bonds. The minimum absolute atomic E-state index is 0.0926. The summed E-state index contributed by atoms with van der Waals surface area (Å²) in [6, 6.07) is -0.0926. The summed E-state index contributed by atoms with van der Waals surface area (Å²) in [4.78, 5) is 0. The SMILES string of the molecule is C[C@H](N)c1nnnn1C. The molecule has 1 aromatic rings. The molecule has 1 aromatic heterocycles. The quantitative estimate of drug-likeness (QED) is 0.537. The molecule has 0 aromatic carbocycles. The maximum absolute atomic E-state index is 5.50. The Balaban J connectivity index is 2.94. The summed E-state index contributed by atoms with van der Waals surface area (Å²) in [6.45, 7) is 1.84. The van der Waals surface area contributed by atoms with Crippen LogP contribution < -0.4 is 5.73 Å². The van der Waals surface area contributed by atoms with Gasteiger partial charge in [0, 0.05) is 7.05 Å². The van der Waals surface area contributed by atoms with Crippen molar-refractivity contribution in [2.75, 3.05) is 0 Å². The summed E-state index contributed by atoms with van der Waals surface area (Å²) in [5.74, 6) is 0.704. The molecule has 2 N–H and O–H groups in total. The van der Waals surface area contributed by atoms with Crippen molar-refractivity contribution in [2.24, 2.45) is 12.8 Å². The van der Waals surface area contributed by atoms with Crippen molar-refractivity contribution in [1.29, 1.82) is 0 Å². The van der Waals surface area contributed by atoms with Gasteiger partial charge in [0.2, 0.25) is 0 Å². The van der Waals surface area contributed by atoms with Crippen LogP contribution in [-0.2, 0) is 7.05 Å². The number of aryl methyl sites for hydroxylation is 1. The number of nitrogens with zero attached hydrogens (tertiary/aromatic N) is 4. The zero-order chi connectivity index (χ0) is 6.85. The number of aromatic nitrogens is 4. The molecule has 1 atom stereocenters. The zero-order valence-electron chi connectivity index (χ0n) is 5.44. The lowest BCUT2D eigenvalue weighted by Crippen LogP contribution is -2.11. The van der Waals surface area contributed by atoms with Crippen LogP contribution in [0.4, 0.5) is 0 Å². The third-order valence-electron chi connectivity index (χ3n) is 1.06. The Morgan fingerprint density at radius 2 is 2.33 bits per heavy atom. The first kappa shape index (κ1) is 6.15. The molecule has 5 nitrogen and oxygen atoms in total. The Bertz CT molecular complexity index is 191. The predicted molar refractivity (Wildman–Crippen MR) is 31.4 cm³/mol. The van der Waals surface area contributed by atoms with Crippen LogP contribution in [0.15, 0.2) is 0 Å². The van der Waals surface area contributed by atoms with Gasteiger partial charge in [0.05, 0.1) is 6.04 Å². The van der Waals surface area contributed by atoms with Crippen LogP contribution in [-0.4, -0.2) is 20.2 Å². The molecular formula is C4H9N5. The maximum atomic E-state index is 5.50. The largest absolute Gasteiger partial charge is 0.322 e. The van der Waals surface area contributed by atoms with E-state index < -0.39 is 0 Å². The van der Waals surface area contributed by atoms with E-state index in [0.717, 1.165) is 0 Å². The van der Waals surface area contributed by atoms with E-state index in [4.69, 9.17) is 5.73 Å². The number of hydrogen-bond acceptors (Lipinski definition) is 4. The number of hydrogen-bond donors (Lipinski definition) is 1.